The van der Waals surface area contributed by atoms with E-state index in [1.165, 1.54) is 32.4 Å². The Morgan fingerprint density at radius 1 is 1.20 bits per heavy atom. The number of nitrogens with zero attached hydrogens (tertiary/aromatic N) is 1. The van der Waals surface area contributed by atoms with Crippen molar-refractivity contribution in [1.82, 2.24) is 15.5 Å². The number of nitrogens with one attached hydrogen (secondary N) is 2. The maximum absolute atomic E-state index is 11.6. The summed E-state index contributed by atoms with van der Waals surface area (Å²) < 4.78 is 0. The zero-order valence-electron chi connectivity index (χ0n) is 13.7. The van der Waals surface area contributed by atoms with Gasteiger partial charge in [0.15, 0.2) is 0 Å². The van der Waals surface area contributed by atoms with E-state index in [9.17, 15) is 4.79 Å². The molecule has 4 nitrogen and oxygen atoms in total. The number of amides is 1. The molecular weight excluding hydrogens is 250 g/mol. The van der Waals surface area contributed by atoms with E-state index in [-0.39, 0.29) is 5.91 Å². The van der Waals surface area contributed by atoms with Crippen molar-refractivity contribution in [2.24, 2.45) is 5.92 Å². The fourth-order valence-corrected chi connectivity index (χ4v) is 2.64. The van der Waals surface area contributed by atoms with Crippen molar-refractivity contribution in [3.05, 3.63) is 0 Å². The van der Waals surface area contributed by atoms with Crippen LogP contribution in [0.3, 0.4) is 0 Å². The van der Waals surface area contributed by atoms with E-state index in [0.717, 1.165) is 13.1 Å². The summed E-state index contributed by atoms with van der Waals surface area (Å²) in [6.45, 7) is 12.7. The third-order valence-electron chi connectivity index (χ3n) is 3.99. The average Bonchev–Trinajstić information content (AvgIpc) is 2.62. The van der Waals surface area contributed by atoms with Crippen LogP contribution in [0.15, 0.2) is 0 Å². The van der Waals surface area contributed by atoms with Crippen molar-refractivity contribution in [3.8, 4) is 0 Å². The van der Waals surface area contributed by atoms with Gasteiger partial charge in [-0.1, -0.05) is 13.8 Å². The summed E-state index contributed by atoms with van der Waals surface area (Å²) in [4.78, 5) is 14.2. The van der Waals surface area contributed by atoms with Gasteiger partial charge in [-0.05, 0) is 52.1 Å². The standard InChI is InChI=1S/C16H33N3O/c1-13(2)12-18-16(20)7-9-17-15-6-5-10-19(11-8-15)14(3)4/h13-15,17H,5-12H2,1-4H3,(H,18,20). The van der Waals surface area contributed by atoms with Gasteiger partial charge in [0.25, 0.3) is 0 Å². The van der Waals surface area contributed by atoms with E-state index < -0.39 is 0 Å². The number of hydrogen-bond acceptors (Lipinski definition) is 3. The Morgan fingerprint density at radius 2 is 1.95 bits per heavy atom. The number of hydrogen-bond donors (Lipinski definition) is 2. The fraction of sp³-hybridized carbons (Fsp3) is 0.938. The molecule has 1 amide bonds. The topological polar surface area (TPSA) is 44.4 Å². The Bertz CT molecular complexity index is 279. The van der Waals surface area contributed by atoms with E-state index >= 15 is 0 Å². The molecule has 1 saturated heterocycles. The molecule has 0 aromatic rings. The molecule has 1 rings (SSSR count). The molecule has 1 aliphatic rings. The van der Waals surface area contributed by atoms with Crippen LogP contribution in [0.1, 0.15) is 53.4 Å². The molecule has 0 aromatic carbocycles. The molecule has 0 aromatic heterocycles. The molecule has 1 heterocycles. The van der Waals surface area contributed by atoms with Crippen LogP contribution in [0.2, 0.25) is 0 Å². The molecule has 0 bridgehead atoms. The fourth-order valence-electron chi connectivity index (χ4n) is 2.64. The van der Waals surface area contributed by atoms with Crippen LogP contribution in [0.5, 0.6) is 0 Å². The summed E-state index contributed by atoms with van der Waals surface area (Å²) in [5.74, 6) is 0.694. The molecule has 118 valence electrons. The number of likely N-dealkylation sites (tertiary alicyclic amines) is 1. The lowest BCUT2D eigenvalue weighted by Crippen LogP contribution is -2.36. The van der Waals surface area contributed by atoms with Crippen molar-refractivity contribution in [2.75, 3.05) is 26.2 Å². The van der Waals surface area contributed by atoms with Crippen molar-refractivity contribution in [3.63, 3.8) is 0 Å². The van der Waals surface area contributed by atoms with Crippen molar-refractivity contribution in [2.45, 2.75) is 65.5 Å². The van der Waals surface area contributed by atoms with E-state index in [1.54, 1.807) is 0 Å². The summed E-state index contributed by atoms with van der Waals surface area (Å²) in [5.41, 5.74) is 0. The van der Waals surface area contributed by atoms with Crippen molar-refractivity contribution >= 4 is 5.91 Å². The van der Waals surface area contributed by atoms with E-state index in [2.05, 4.69) is 43.2 Å². The maximum atomic E-state index is 11.6. The lowest BCUT2D eigenvalue weighted by Gasteiger charge is -2.24. The normalized spacial score (nSPS) is 21.2. The lowest BCUT2D eigenvalue weighted by atomic mass is 10.1. The molecule has 1 fully saturated rings. The molecule has 1 unspecified atom stereocenters. The van der Waals surface area contributed by atoms with Crippen LogP contribution in [0.25, 0.3) is 0 Å². The molecule has 0 radical (unpaired) electrons. The summed E-state index contributed by atoms with van der Waals surface area (Å²) in [6, 6.07) is 1.23. The van der Waals surface area contributed by atoms with Gasteiger partial charge < -0.3 is 15.5 Å². The lowest BCUT2D eigenvalue weighted by molar-refractivity contribution is -0.121. The van der Waals surface area contributed by atoms with Crippen LogP contribution >= 0.6 is 0 Å². The third kappa shape index (κ3) is 7.25. The first-order valence-corrected chi connectivity index (χ1v) is 8.23. The predicted octanol–water partition coefficient (Wildman–Crippen LogP) is 2.00. The highest BCUT2D eigenvalue weighted by molar-refractivity contribution is 5.76. The Hall–Kier alpha value is -0.610. The molecule has 2 N–H and O–H groups in total. The van der Waals surface area contributed by atoms with Gasteiger partial charge in [-0.25, -0.2) is 0 Å². The molecule has 4 heteroatoms. The average molecular weight is 283 g/mol. The highest BCUT2D eigenvalue weighted by Crippen LogP contribution is 2.13. The summed E-state index contributed by atoms with van der Waals surface area (Å²) in [7, 11) is 0. The largest absolute Gasteiger partial charge is 0.356 e. The summed E-state index contributed by atoms with van der Waals surface area (Å²) >= 11 is 0. The quantitative estimate of drug-likeness (QED) is 0.751. The molecule has 1 aliphatic heterocycles. The highest BCUT2D eigenvalue weighted by atomic mass is 16.1. The number of carbonyl (C=O) groups is 1. The second-order valence-electron chi connectivity index (χ2n) is 6.66. The monoisotopic (exact) mass is 283 g/mol. The molecule has 1 atom stereocenters. The van der Waals surface area contributed by atoms with Crippen LogP contribution in [0, 0.1) is 5.92 Å². The zero-order valence-corrected chi connectivity index (χ0v) is 13.7. The highest BCUT2D eigenvalue weighted by Gasteiger charge is 2.18. The van der Waals surface area contributed by atoms with E-state index in [1.807, 2.05) is 0 Å². The number of rotatable bonds is 7. The van der Waals surface area contributed by atoms with Gasteiger partial charge in [-0.15, -0.1) is 0 Å². The second kappa shape index (κ2) is 9.35. The molecular formula is C16H33N3O. The molecule has 0 aliphatic carbocycles. The van der Waals surface area contributed by atoms with Crippen molar-refractivity contribution < 1.29 is 4.79 Å². The number of carbonyl (C=O) groups excluding carboxylic acids is 1. The SMILES string of the molecule is CC(C)CNC(=O)CCNC1CCCN(C(C)C)CC1. The first-order chi connectivity index (χ1) is 9.49. The smallest absolute Gasteiger partial charge is 0.221 e. The van der Waals surface area contributed by atoms with Crippen LogP contribution in [-0.2, 0) is 4.79 Å². The maximum Gasteiger partial charge on any atom is 0.221 e. The van der Waals surface area contributed by atoms with E-state index in [0.29, 0.717) is 24.4 Å². The van der Waals surface area contributed by atoms with Gasteiger partial charge in [0.2, 0.25) is 5.91 Å². The van der Waals surface area contributed by atoms with Gasteiger partial charge >= 0.3 is 0 Å². The first kappa shape index (κ1) is 17.4. The first-order valence-electron chi connectivity index (χ1n) is 8.23. The van der Waals surface area contributed by atoms with Gasteiger partial charge in [0, 0.05) is 31.6 Å². The molecule has 0 spiro atoms. The van der Waals surface area contributed by atoms with Gasteiger partial charge in [-0.3, -0.25) is 4.79 Å². The van der Waals surface area contributed by atoms with Crippen LogP contribution in [-0.4, -0.2) is 49.1 Å². The Balaban J connectivity index is 2.14. The van der Waals surface area contributed by atoms with Crippen LogP contribution < -0.4 is 10.6 Å². The molecule has 20 heavy (non-hydrogen) atoms. The van der Waals surface area contributed by atoms with Crippen molar-refractivity contribution in [1.29, 1.82) is 0 Å². The van der Waals surface area contributed by atoms with Gasteiger partial charge in [-0.2, -0.15) is 0 Å². The minimum atomic E-state index is 0.170. The zero-order chi connectivity index (χ0) is 15.0. The summed E-state index contributed by atoms with van der Waals surface area (Å²) in [6.07, 6.45) is 4.29. The minimum absolute atomic E-state index is 0.170. The minimum Gasteiger partial charge on any atom is -0.356 e. The summed E-state index contributed by atoms with van der Waals surface area (Å²) in [5, 5.41) is 6.52. The van der Waals surface area contributed by atoms with Crippen LogP contribution in [0.4, 0.5) is 0 Å². The second-order valence-corrected chi connectivity index (χ2v) is 6.66. The van der Waals surface area contributed by atoms with E-state index in [4.69, 9.17) is 0 Å². The Labute approximate surface area is 124 Å². The Kier molecular flexibility index (Phi) is 8.15. The third-order valence-corrected chi connectivity index (χ3v) is 3.99. The molecule has 0 saturated carbocycles. The van der Waals surface area contributed by atoms with Gasteiger partial charge in [0.1, 0.15) is 0 Å². The Morgan fingerprint density at radius 3 is 2.60 bits per heavy atom. The predicted molar refractivity (Wildman–Crippen MR) is 84.8 cm³/mol. The van der Waals surface area contributed by atoms with Gasteiger partial charge in [0.05, 0.1) is 0 Å².